The Bertz CT molecular complexity index is 1740. The number of benzene rings is 3. The molecule has 258 valence electrons. The Morgan fingerprint density at radius 2 is 1.67 bits per heavy atom. The second-order valence-corrected chi connectivity index (χ2v) is 13.4. The van der Waals surface area contributed by atoms with E-state index in [2.05, 4.69) is 60.0 Å². The first-order chi connectivity index (χ1) is 23.4. The number of aromatic nitrogens is 1. The zero-order valence-electron chi connectivity index (χ0n) is 28.0. The van der Waals surface area contributed by atoms with Crippen molar-refractivity contribution in [3.05, 3.63) is 137 Å². The summed E-state index contributed by atoms with van der Waals surface area (Å²) in [5.74, 6) is -3.19. The SMILES string of the molecule is C=C(COc1ccc(C(C)(C)C)cc1)N1CCNC[C@@H]1CCc1c(F)cncc1NC(=O)C[C@@H](c1ccc(F)cc1)c1cc(F)cc(F)c1. The van der Waals surface area contributed by atoms with E-state index in [0.29, 0.717) is 43.7 Å². The van der Waals surface area contributed by atoms with Crippen LogP contribution in [0.15, 0.2) is 91.4 Å². The van der Waals surface area contributed by atoms with Gasteiger partial charge >= 0.3 is 0 Å². The number of rotatable bonds is 12. The topological polar surface area (TPSA) is 66.5 Å². The predicted octanol–water partition coefficient (Wildman–Crippen LogP) is 7.90. The predicted molar refractivity (Wildman–Crippen MR) is 184 cm³/mol. The number of piperazine rings is 1. The smallest absolute Gasteiger partial charge is 0.225 e. The molecule has 0 unspecified atom stereocenters. The first-order valence-corrected chi connectivity index (χ1v) is 16.4. The Kier molecular flexibility index (Phi) is 11.4. The monoisotopic (exact) mass is 674 g/mol. The average Bonchev–Trinajstić information content (AvgIpc) is 3.06. The molecule has 1 amide bonds. The fourth-order valence-electron chi connectivity index (χ4n) is 6.16. The number of pyridine rings is 1. The Morgan fingerprint density at radius 3 is 2.35 bits per heavy atom. The minimum Gasteiger partial charge on any atom is -0.487 e. The minimum atomic E-state index is -0.797. The highest BCUT2D eigenvalue weighted by Gasteiger charge is 2.26. The summed E-state index contributed by atoms with van der Waals surface area (Å²) in [5, 5.41) is 6.16. The van der Waals surface area contributed by atoms with E-state index < -0.39 is 35.1 Å². The maximum atomic E-state index is 15.2. The number of carbonyl (C=O) groups excluding carboxylic acids is 1. The molecular formula is C39H42F4N4O2. The molecule has 1 aromatic heterocycles. The zero-order valence-corrected chi connectivity index (χ0v) is 28.0. The first-order valence-electron chi connectivity index (χ1n) is 16.4. The molecule has 2 N–H and O–H groups in total. The molecule has 2 heterocycles. The third kappa shape index (κ3) is 9.47. The number of nitrogens with zero attached hydrogens (tertiary/aromatic N) is 2. The van der Waals surface area contributed by atoms with Gasteiger partial charge in [0.25, 0.3) is 0 Å². The number of ether oxygens (including phenoxy) is 1. The van der Waals surface area contributed by atoms with E-state index in [1.165, 1.54) is 36.0 Å². The normalized spacial score (nSPS) is 15.5. The number of carbonyl (C=O) groups is 1. The lowest BCUT2D eigenvalue weighted by Gasteiger charge is -2.39. The maximum absolute atomic E-state index is 15.2. The van der Waals surface area contributed by atoms with Gasteiger partial charge in [0.05, 0.1) is 18.1 Å². The quantitative estimate of drug-likeness (QED) is 0.150. The van der Waals surface area contributed by atoms with Crippen molar-refractivity contribution < 1.29 is 27.1 Å². The summed E-state index contributed by atoms with van der Waals surface area (Å²) in [6, 6.07) is 16.5. The van der Waals surface area contributed by atoms with Gasteiger partial charge in [0.1, 0.15) is 35.6 Å². The molecule has 2 atom stereocenters. The molecule has 4 aromatic rings. The highest BCUT2D eigenvalue weighted by atomic mass is 19.1. The first kappa shape index (κ1) is 35.6. The summed E-state index contributed by atoms with van der Waals surface area (Å²) < 4.78 is 63.3. The third-order valence-electron chi connectivity index (χ3n) is 8.84. The Balaban J connectivity index is 1.25. The second-order valence-electron chi connectivity index (χ2n) is 13.4. The Morgan fingerprint density at radius 1 is 0.980 bits per heavy atom. The van der Waals surface area contributed by atoms with E-state index in [-0.39, 0.29) is 29.1 Å². The van der Waals surface area contributed by atoms with Gasteiger partial charge in [0.15, 0.2) is 0 Å². The molecule has 5 rings (SSSR count). The van der Waals surface area contributed by atoms with Crippen LogP contribution in [0.2, 0.25) is 0 Å². The number of nitrogens with one attached hydrogen (secondary N) is 2. The van der Waals surface area contributed by atoms with Crippen LogP contribution in [0.1, 0.15) is 61.8 Å². The van der Waals surface area contributed by atoms with Gasteiger partial charge in [-0.3, -0.25) is 9.78 Å². The van der Waals surface area contributed by atoms with Crippen LogP contribution in [-0.2, 0) is 16.6 Å². The number of anilines is 1. The van der Waals surface area contributed by atoms with Crippen LogP contribution in [0.5, 0.6) is 5.75 Å². The number of hydrogen-bond donors (Lipinski definition) is 2. The van der Waals surface area contributed by atoms with Crippen LogP contribution in [-0.4, -0.2) is 48.1 Å². The molecule has 1 fully saturated rings. The second kappa shape index (κ2) is 15.7. The summed E-state index contributed by atoms with van der Waals surface area (Å²) in [7, 11) is 0. The van der Waals surface area contributed by atoms with Crippen molar-refractivity contribution in [3.8, 4) is 5.75 Å². The molecule has 1 saturated heterocycles. The van der Waals surface area contributed by atoms with E-state index in [1.54, 1.807) is 0 Å². The van der Waals surface area contributed by atoms with E-state index in [0.717, 1.165) is 42.4 Å². The van der Waals surface area contributed by atoms with Crippen LogP contribution in [0.3, 0.4) is 0 Å². The van der Waals surface area contributed by atoms with Crippen molar-refractivity contribution in [1.29, 1.82) is 0 Å². The number of halogens is 4. The van der Waals surface area contributed by atoms with Gasteiger partial charge < -0.3 is 20.3 Å². The van der Waals surface area contributed by atoms with E-state index in [1.807, 2.05) is 12.1 Å². The lowest BCUT2D eigenvalue weighted by atomic mass is 9.87. The molecule has 1 aliphatic heterocycles. The molecule has 1 aliphatic rings. The Hall–Kier alpha value is -4.70. The van der Waals surface area contributed by atoms with E-state index in [4.69, 9.17) is 4.74 Å². The summed E-state index contributed by atoms with van der Waals surface area (Å²) in [4.78, 5) is 19.5. The van der Waals surface area contributed by atoms with Crippen LogP contribution in [0, 0.1) is 23.3 Å². The lowest BCUT2D eigenvalue weighted by Crippen LogP contribution is -2.51. The standard InChI is InChI=1S/C39H42F4N4O2/c1-25(24-49-33-12-7-28(8-13-33)39(2,3)4)47-16-15-44-21-32(47)11-14-34-36(43)22-45-23-37(34)46-38(48)20-35(26-5-9-29(40)10-6-26)27-17-30(41)19-31(42)18-27/h5-10,12-13,17-19,22-23,32,35,44H,1,11,14-16,20-21,24H2,2-4H3,(H,46,48)/t32-,35-/m0/s1. The summed E-state index contributed by atoms with van der Waals surface area (Å²) in [6.45, 7) is 13.2. The largest absolute Gasteiger partial charge is 0.487 e. The van der Waals surface area contributed by atoms with Gasteiger partial charge in [-0.2, -0.15) is 0 Å². The number of amides is 1. The van der Waals surface area contributed by atoms with Crippen molar-refractivity contribution >= 4 is 11.6 Å². The molecule has 10 heteroatoms. The molecular weight excluding hydrogens is 632 g/mol. The molecule has 0 bridgehead atoms. The molecule has 0 saturated carbocycles. The average molecular weight is 675 g/mol. The molecule has 3 aromatic carbocycles. The molecule has 49 heavy (non-hydrogen) atoms. The van der Waals surface area contributed by atoms with Gasteiger partial charge in [-0.15, -0.1) is 0 Å². The summed E-state index contributed by atoms with van der Waals surface area (Å²) in [6.07, 6.45) is 3.11. The highest BCUT2D eigenvalue weighted by molar-refractivity contribution is 5.92. The van der Waals surface area contributed by atoms with Crippen molar-refractivity contribution in [1.82, 2.24) is 15.2 Å². The van der Waals surface area contributed by atoms with Crippen LogP contribution in [0.4, 0.5) is 23.2 Å². The van der Waals surface area contributed by atoms with Crippen LogP contribution in [0.25, 0.3) is 0 Å². The number of hydrogen-bond acceptors (Lipinski definition) is 5. The maximum Gasteiger partial charge on any atom is 0.225 e. The van der Waals surface area contributed by atoms with Crippen LogP contribution < -0.4 is 15.4 Å². The van der Waals surface area contributed by atoms with E-state index in [9.17, 15) is 18.0 Å². The van der Waals surface area contributed by atoms with Gasteiger partial charge in [0, 0.05) is 55.3 Å². The van der Waals surface area contributed by atoms with Gasteiger partial charge in [0.2, 0.25) is 5.91 Å². The highest BCUT2D eigenvalue weighted by Crippen LogP contribution is 2.31. The summed E-state index contributed by atoms with van der Waals surface area (Å²) >= 11 is 0. The van der Waals surface area contributed by atoms with Gasteiger partial charge in [-0.25, -0.2) is 17.6 Å². The van der Waals surface area contributed by atoms with Crippen molar-refractivity contribution in [2.24, 2.45) is 0 Å². The molecule has 0 spiro atoms. The van der Waals surface area contributed by atoms with Gasteiger partial charge in [-0.1, -0.05) is 51.6 Å². The van der Waals surface area contributed by atoms with E-state index >= 15 is 4.39 Å². The Labute approximate surface area is 285 Å². The minimum absolute atomic E-state index is 0.00466. The van der Waals surface area contributed by atoms with Crippen molar-refractivity contribution in [3.63, 3.8) is 0 Å². The fraction of sp³-hybridized carbons (Fsp3) is 0.333. The lowest BCUT2D eigenvalue weighted by molar-refractivity contribution is -0.116. The molecule has 0 radical (unpaired) electrons. The van der Waals surface area contributed by atoms with Gasteiger partial charge in [-0.05, 0) is 71.3 Å². The van der Waals surface area contributed by atoms with Crippen molar-refractivity contribution in [2.75, 3.05) is 31.6 Å². The third-order valence-corrected chi connectivity index (χ3v) is 8.84. The van der Waals surface area contributed by atoms with Crippen molar-refractivity contribution in [2.45, 2.75) is 57.4 Å². The molecule has 6 nitrogen and oxygen atoms in total. The van der Waals surface area contributed by atoms with Crippen LogP contribution >= 0.6 is 0 Å². The fourth-order valence-corrected chi connectivity index (χ4v) is 6.16. The zero-order chi connectivity index (χ0) is 35.1. The molecule has 0 aliphatic carbocycles. The summed E-state index contributed by atoms with van der Waals surface area (Å²) in [5.41, 5.74) is 3.30.